The minimum Gasteiger partial charge on any atom is -0.457 e. The second kappa shape index (κ2) is 8.50. The van der Waals surface area contributed by atoms with Gasteiger partial charge in [-0.2, -0.15) is 5.10 Å². The highest BCUT2D eigenvalue weighted by molar-refractivity contribution is 5.98. The van der Waals surface area contributed by atoms with Gasteiger partial charge in [0.05, 0.1) is 17.9 Å². The van der Waals surface area contributed by atoms with Crippen LogP contribution in [0.5, 0.6) is 11.5 Å². The number of primary amides is 1. The summed E-state index contributed by atoms with van der Waals surface area (Å²) >= 11 is 0. The molecule has 180 valence electrons. The van der Waals surface area contributed by atoms with Crippen LogP contribution in [0.25, 0.3) is 16.9 Å². The number of carbonyl (C=O) groups is 2. The van der Waals surface area contributed by atoms with Gasteiger partial charge in [0.1, 0.15) is 22.7 Å². The number of fused-ring (bicyclic) bond motifs is 3. The third-order valence-corrected chi connectivity index (χ3v) is 5.73. The van der Waals surface area contributed by atoms with Gasteiger partial charge in [-0.05, 0) is 57.2 Å². The number of nitrogens with two attached hydrogens (primary N) is 1. The van der Waals surface area contributed by atoms with E-state index < -0.39 is 11.5 Å². The standard InChI is InChI=1S/C26H27N5O4/c1-26(2,3)35-25(33)30-14-13-20-19(15-30)24-28-21(22(23(27)32)31(24)29-20)16-9-11-18(12-10-16)34-17-7-5-4-6-8-17/h4-12,28H,13-15H2,1-3H3,(H2,27,32). The first-order valence-electron chi connectivity index (χ1n) is 11.4. The van der Waals surface area contributed by atoms with Gasteiger partial charge in [0, 0.05) is 24.1 Å². The maximum absolute atomic E-state index is 12.6. The largest absolute Gasteiger partial charge is 0.457 e. The number of hydrogen-bond donors (Lipinski definition) is 2. The van der Waals surface area contributed by atoms with E-state index in [4.69, 9.17) is 15.2 Å². The molecule has 0 fully saturated rings. The molecule has 0 radical (unpaired) electrons. The number of nitrogens with one attached hydrogen (secondary N) is 1. The number of para-hydroxylation sites is 1. The van der Waals surface area contributed by atoms with E-state index in [2.05, 4.69) is 10.1 Å². The number of rotatable bonds is 4. The molecule has 0 saturated carbocycles. The first-order chi connectivity index (χ1) is 16.7. The Balaban J connectivity index is 1.47. The van der Waals surface area contributed by atoms with E-state index in [1.807, 2.05) is 75.4 Å². The highest BCUT2D eigenvalue weighted by atomic mass is 16.6. The van der Waals surface area contributed by atoms with E-state index in [0.717, 1.165) is 22.6 Å². The minimum absolute atomic E-state index is 0.259. The van der Waals surface area contributed by atoms with E-state index in [1.165, 1.54) is 0 Å². The Bertz CT molecular complexity index is 1400. The molecule has 0 unspecified atom stereocenters. The average molecular weight is 474 g/mol. The number of nitrogens with zero attached hydrogens (tertiary/aromatic N) is 3. The van der Waals surface area contributed by atoms with Gasteiger partial charge in [-0.1, -0.05) is 18.2 Å². The van der Waals surface area contributed by atoms with Gasteiger partial charge >= 0.3 is 6.09 Å². The molecule has 1 aliphatic heterocycles. The Morgan fingerprint density at radius 3 is 2.37 bits per heavy atom. The van der Waals surface area contributed by atoms with Gasteiger partial charge < -0.3 is 25.1 Å². The molecule has 4 aromatic rings. The molecule has 2 amide bonds. The molecule has 2 aromatic heterocycles. The molecular formula is C26H27N5O4. The zero-order valence-electron chi connectivity index (χ0n) is 19.9. The molecule has 3 heterocycles. The summed E-state index contributed by atoms with van der Waals surface area (Å²) in [5, 5.41) is 4.64. The summed E-state index contributed by atoms with van der Waals surface area (Å²) in [7, 11) is 0. The highest BCUT2D eigenvalue weighted by Gasteiger charge is 2.31. The SMILES string of the molecule is CC(C)(C)OC(=O)N1CCc2nn3c(C(N)=O)c(-c4ccc(Oc5ccccc5)cc4)[nH]c3c2C1. The Hall–Kier alpha value is -4.27. The van der Waals surface area contributed by atoms with E-state index in [1.54, 1.807) is 9.42 Å². The van der Waals surface area contributed by atoms with Gasteiger partial charge in [-0.15, -0.1) is 0 Å². The second-order valence-electron chi connectivity index (χ2n) is 9.49. The maximum atomic E-state index is 12.6. The number of ether oxygens (including phenoxy) is 2. The summed E-state index contributed by atoms with van der Waals surface area (Å²) in [6, 6.07) is 16.9. The zero-order chi connectivity index (χ0) is 24.7. The van der Waals surface area contributed by atoms with Crippen molar-refractivity contribution in [3.05, 3.63) is 71.5 Å². The molecule has 3 N–H and O–H groups in total. The van der Waals surface area contributed by atoms with Crippen LogP contribution in [-0.2, 0) is 17.7 Å². The minimum atomic E-state index is -0.597. The monoisotopic (exact) mass is 473 g/mol. The topological polar surface area (TPSA) is 115 Å². The lowest BCUT2D eigenvalue weighted by Crippen LogP contribution is -2.39. The van der Waals surface area contributed by atoms with Crippen molar-refractivity contribution >= 4 is 17.6 Å². The number of carbonyl (C=O) groups excluding carboxylic acids is 2. The number of aromatic nitrogens is 3. The Morgan fingerprint density at radius 1 is 1.03 bits per heavy atom. The third-order valence-electron chi connectivity index (χ3n) is 5.73. The van der Waals surface area contributed by atoms with Gasteiger partial charge in [0.25, 0.3) is 5.91 Å². The molecule has 0 saturated heterocycles. The molecule has 0 atom stereocenters. The van der Waals surface area contributed by atoms with Crippen LogP contribution in [0, 0.1) is 0 Å². The quantitative estimate of drug-likeness (QED) is 0.452. The van der Waals surface area contributed by atoms with Crippen molar-refractivity contribution in [2.24, 2.45) is 5.73 Å². The normalized spacial score (nSPS) is 13.5. The Morgan fingerprint density at radius 2 is 1.71 bits per heavy atom. The molecule has 0 aliphatic carbocycles. The maximum Gasteiger partial charge on any atom is 0.410 e. The van der Waals surface area contributed by atoms with Gasteiger partial charge in [0.2, 0.25) is 0 Å². The summed E-state index contributed by atoms with van der Waals surface area (Å²) in [5.41, 5.74) is 9.08. The van der Waals surface area contributed by atoms with Crippen LogP contribution in [0.15, 0.2) is 54.6 Å². The smallest absolute Gasteiger partial charge is 0.410 e. The van der Waals surface area contributed by atoms with Crippen molar-refractivity contribution in [3.63, 3.8) is 0 Å². The van der Waals surface area contributed by atoms with Crippen LogP contribution in [0.4, 0.5) is 4.79 Å². The molecule has 0 spiro atoms. The molecule has 0 bridgehead atoms. The fourth-order valence-corrected chi connectivity index (χ4v) is 4.18. The number of imidazole rings is 1. The first kappa shape index (κ1) is 22.5. The fourth-order valence-electron chi connectivity index (χ4n) is 4.18. The fraction of sp³-hybridized carbons (Fsp3) is 0.269. The zero-order valence-corrected chi connectivity index (χ0v) is 19.9. The number of amides is 2. The molecule has 9 heteroatoms. The number of hydrogen-bond acceptors (Lipinski definition) is 5. The predicted octanol–water partition coefficient (Wildman–Crippen LogP) is 4.51. The van der Waals surface area contributed by atoms with E-state index >= 15 is 0 Å². The van der Waals surface area contributed by atoms with Gasteiger partial charge in [-0.25, -0.2) is 9.31 Å². The van der Waals surface area contributed by atoms with Crippen molar-refractivity contribution in [1.82, 2.24) is 19.5 Å². The molecule has 35 heavy (non-hydrogen) atoms. The summed E-state index contributed by atoms with van der Waals surface area (Å²) in [5.74, 6) is 0.805. The number of benzene rings is 2. The molecule has 9 nitrogen and oxygen atoms in total. The third kappa shape index (κ3) is 4.44. The van der Waals surface area contributed by atoms with E-state index in [-0.39, 0.29) is 11.8 Å². The summed E-state index contributed by atoms with van der Waals surface area (Å²) in [6.45, 7) is 6.33. The van der Waals surface area contributed by atoms with Crippen molar-refractivity contribution in [1.29, 1.82) is 0 Å². The van der Waals surface area contributed by atoms with Crippen LogP contribution in [0.1, 0.15) is 42.5 Å². The summed E-state index contributed by atoms with van der Waals surface area (Å²) in [6.07, 6.45) is 0.182. The van der Waals surface area contributed by atoms with Crippen molar-refractivity contribution in [2.45, 2.75) is 39.3 Å². The molecule has 1 aliphatic rings. The molecule has 5 rings (SSSR count). The van der Waals surface area contributed by atoms with Gasteiger partial charge in [0.15, 0.2) is 5.69 Å². The summed E-state index contributed by atoms with van der Waals surface area (Å²) in [4.78, 5) is 30.1. The lowest BCUT2D eigenvalue weighted by Gasteiger charge is -2.29. The van der Waals surface area contributed by atoms with Crippen LogP contribution in [0.2, 0.25) is 0 Å². The second-order valence-corrected chi connectivity index (χ2v) is 9.49. The van der Waals surface area contributed by atoms with E-state index in [9.17, 15) is 9.59 Å². The van der Waals surface area contributed by atoms with E-state index in [0.29, 0.717) is 36.6 Å². The van der Waals surface area contributed by atoms with Crippen LogP contribution >= 0.6 is 0 Å². The number of H-pyrrole nitrogens is 1. The van der Waals surface area contributed by atoms with Crippen molar-refractivity contribution < 1.29 is 19.1 Å². The summed E-state index contributed by atoms with van der Waals surface area (Å²) < 4.78 is 13.0. The average Bonchev–Trinajstić information content (AvgIpc) is 3.35. The molecule has 2 aromatic carbocycles. The first-order valence-corrected chi connectivity index (χ1v) is 11.4. The van der Waals surface area contributed by atoms with Crippen LogP contribution in [0.3, 0.4) is 0 Å². The van der Waals surface area contributed by atoms with Crippen molar-refractivity contribution in [2.75, 3.05) is 6.54 Å². The van der Waals surface area contributed by atoms with Crippen LogP contribution in [-0.4, -0.2) is 43.6 Å². The Labute approximate surface area is 202 Å². The highest BCUT2D eigenvalue weighted by Crippen LogP contribution is 2.31. The number of aromatic amines is 1. The van der Waals surface area contributed by atoms with Crippen LogP contribution < -0.4 is 10.5 Å². The van der Waals surface area contributed by atoms with Crippen molar-refractivity contribution in [3.8, 4) is 22.8 Å². The molecular weight excluding hydrogens is 446 g/mol. The predicted molar refractivity (Wildman–Crippen MR) is 130 cm³/mol. The van der Waals surface area contributed by atoms with Gasteiger partial charge in [-0.3, -0.25) is 4.79 Å². The lowest BCUT2D eigenvalue weighted by molar-refractivity contribution is 0.0224. The Kier molecular flexibility index (Phi) is 5.47. The lowest BCUT2D eigenvalue weighted by atomic mass is 10.1.